The van der Waals surface area contributed by atoms with E-state index in [0.29, 0.717) is 17.5 Å². The van der Waals surface area contributed by atoms with Gasteiger partial charge in [-0.2, -0.15) is 0 Å². The molecule has 0 unspecified atom stereocenters. The van der Waals surface area contributed by atoms with Crippen molar-refractivity contribution in [2.75, 3.05) is 0 Å². The summed E-state index contributed by atoms with van der Waals surface area (Å²) in [5.74, 6) is 0.456. The number of benzene rings is 2. The predicted molar refractivity (Wildman–Crippen MR) is 86.5 cm³/mol. The van der Waals surface area contributed by atoms with Gasteiger partial charge < -0.3 is 10.4 Å². The van der Waals surface area contributed by atoms with Crippen LogP contribution in [0.5, 0.6) is 0 Å². The number of amides is 1. The maximum atomic E-state index is 12.2. The van der Waals surface area contributed by atoms with E-state index in [9.17, 15) is 4.79 Å². The Balaban J connectivity index is 1.54. The quantitative estimate of drug-likeness (QED) is 0.890. The molecule has 1 fully saturated rings. The first kappa shape index (κ1) is 15.1. The van der Waals surface area contributed by atoms with E-state index in [-0.39, 0.29) is 18.4 Å². The molecule has 0 radical (unpaired) electrons. The minimum Gasteiger partial charge on any atom is -0.392 e. The van der Waals surface area contributed by atoms with Crippen LogP contribution in [0.25, 0.3) is 0 Å². The summed E-state index contributed by atoms with van der Waals surface area (Å²) in [5.41, 5.74) is 3.03. The van der Waals surface area contributed by atoms with Crippen LogP contribution < -0.4 is 5.32 Å². The average Bonchev–Trinajstić information content (AvgIpc) is 3.34. The van der Waals surface area contributed by atoms with Crippen molar-refractivity contribution >= 4 is 17.5 Å². The van der Waals surface area contributed by atoms with Crippen molar-refractivity contribution in [2.45, 2.75) is 25.5 Å². The van der Waals surface area contributed by atoms with Gasteiger partial charge in [0.25, 0.3) is 0 Å². The number of hydrogen-bond donors (Lipinski definition) is 2. The first-order valence-corrected chi connectivity index (χ1v) is 7.77. The van der Waals surface area contributed by atoms with E-state index in [2.05, 4.69) is 5.32 Å². The number of halogens is 1. The number of rotatable bonds is 5. The van der Waals surface area contributed by atoms with Gasteiger partial charge in [-0.3, -0.25) is 4.79 Å². The Morgan fingerprint density at radius 2 is 1.91 bits per heavy atom. The minimum absolute atomic E-state index is 0.0169. The second-order valence-corrected chi connectivity index (χ2v) is 6.13. The first-order chi connectivity index (χ1) is 10.7. The van der Waals surface area contributed by atoms with Gasteiger partial charge in [-0.05, 0) is 41.2 Å². The lowest BCUT2D eigenvalue weighted by Gasteiger charge is -2.06. The Bertz CT molecular complexity index is 669. The normalized spacial score (nSPS) is 19.7. The standard InChI is InChI=1S/C18H18ClNO2/c19-15-6-4-14(5-7-15)16-9-17(16)18(22)20-10-12-2-1-3-13(8-12)11-21/h1-8,16-17,21H,9-11H2,(H,20,22)/t16-,17+/m0/s1. The topological polar surface area (TPSA) is 49.3 Å². The van der Waals surface area contributed by atoms with Gasteiger partial charge in [0.1, 0.15) is 0 Å². The monoisotopic (exact) mass is 315 g/mol. The molecule has 1 amide bonds. The molecule has 0 bridgehead atoms. The van der Waals surface area contributed by atoms with Crippen molar-refractivity contribution in [2.24, 2.45) is 5.92 Å². The molecule has 114 valence electrons. The van der Waals surface area contributed by atoms with Crippen molar-refractivity contribution in [1.82, 2.24) is 5.32 Å². The molecule has 1 saturated carbocycles. The van der Waals surface area contributed by atoms with Gasteiger partial charge in [-0.15, -0.1) is 0 Å². The molecule has 2 aromatic rings. The summed E-state index contributed by atoms with van der Waals surface area (Å²) in [6.45, 7) is 0.513. The molecule has 0 spiro atoms. The Morgan fingerprint density at radius 1 is 1.18 bits per heavy atom. The van der Waals surface area contributed by atoms with E-state index in [1.807, 2.05) is 48.5 Å². The van der Waals surface area contributed by atoms with Crippen LogP contribution in [0.3, 0.4) is 0 Å². The number of aliphatic hydroxyl groups excluding tert-OH is 1. The molecule has 0 heterocycles. The molecule has 0 saturated heterocycles. The third-order valence-corrected chi connectivity index (χ3v) is 4.32. The number of nitrogens with one attached hydrogen (secondary N) is 1. The van der Waals surface area contributed by atoms with Crippen LogP contribution in [-0.4, -0.2) is 11.0 Å². The van der Waals surface area contributed by atoms with Crippen LogP contribution in [0.15, 0.2) is 48.5 Å². The van der Waals surface area contributed by atoms with Gasteiger partial charge in [0.05, 0.1) is 6.61 Å². The van der Waals surface area contributed by atoms with Gasteiger partial charge >= 0.3 is 0 Å². The molecule has 0 aromatic heterocycles. The fourth-order valence-electron chi connectivity index (χ4n) is 2.72. The first-order valence-electron chi connectivity index (χ1n) is 7.39. The lowest BCUT2D eigenvalue weighted by molar-refractivity contribution is -0.122. The van der Waals surface area contributed by atoms with Crippen molar-refractivity contribution in [3.63, 3.8) is 0 Å². The highest BCUT2D eigenvalue weighted by atomic mass is 35.5. The van der Waals surface area contributed by atoms with E-state index in [1.54, 1.807) is 0 Å². The molecule has 2 atom stereocenters. The number of hydrogen-bond acceptors (Lipinski definition) is 2. The molecule has 22 heavy (non-hydrogen) atoms. The Hall–Kier alpha value is -1.84. The van der Waals surface area contributed by atoms with Crippen molar-refractivity contribution in [3.8, 4) is 0 Å². The molecule has 4 heteroatoms. The summed E-state index contributed by atoms with van der Waals surface area (Å²) < 4.78 is 0. The van der Waals surface area contributed by atoms with E-state index < -0.39 is 0 Å². The highest BCUT2D eigenvalue weighted by molar-refractivity contribution is 6.30. The molecule has 0 aliphatic heterocycles. The summed E-state index contributed by atoms with van der Waals surface area (Å²) in [6.07, 6.45) is 0.893. The third-order valence-electron chi connectivity index (χ3n) is 4.07. The maximum Gasteiger partial charge on any atom is 0.224 e. The Kier molecular flexibility index (Phi) is 4.46. The van der Waals surface area contributed by atoms with Gasteiger partial charge in [0.15, 0.2) is 0 Å². The summed E-state index contributed by atoms with van der Waals surface area (Å²) in [4.78, 5) is 12.2. The summed E-state index contributed by atoms with van der Waals surface area (Å²) >= 11 is 5.88. The maximum absolute atomic E-state index is 12.2. The highest BCUT2D eigenvalue weighted by Gasteiger charge is 2.43. The SMILES string of the molecule is O=C(NCc1cccc(CO)c1)[C@@H]1C[C@H]1c1ccc(Cl)cc1. The largest absolute Gasteiger partial charge is 0.392 e. The summed E-state index contributed by atoms with van der Waals surface area (Å²) in [5, 5.41) is 12.8. The number of carbonyl (C=O) groups is 1. The lowest BCUT2D eigenvalue weighted by Crippen LogP contribution is -2.24. The lowest BCUT2D eigenvalue weighted by atomic mass is 10.1. The zero-order valence-corrected chi connectivity index (χ0v) is 12.9. The van der Waals surface area contributed by atoms with Crippen molar-refractivity contribution in [1.29, 1.82) is 0 Å². The van der Waals surface area contributed by atoms with Crippen LogP contribution in [0.1, 0.15) is 29.0 Å². The molecule has 3 nitrogen and oxygen atoms in total. The molecule has 1 aliphatic rings. The van der Waals surface area contributed by atoms with Crippen LogP contribution in [0.4, 0.5) is 0 Å². The van der Waals surface area contributed by atoms with Crippen molar-refractivity contribution in [3.05, 3.63) is 70.2 Å². The molecular weight excluding hydrogens is 298 g/mol. The second kappa shape index (κ2) is 6.51. The molecule has 2 aromatic carbocycles. The Morgan fingerprint density at radius 3 is 2.64 bits per heavy atom. The van der Waals surface area contributed by atoms with Crippen LogP contribution >= 0.6 is 11.6 Å². The third kappa shape index (κ3) is 3.49. The summed E-state index contributed by atoms with van der Waals surface area (Å²) in [6, 6.07) is 15.3. The van der Waals surface area contributed by atoms with E-state index in [0.717, 1.165) is 17.5 Å². The van der Waals surface area contributed by atoms with Crippen LogP contribution in [-0.2, 0) is 17.9 Å². The highest BCUT2D eigenvalue weighted by Crippen LogP contribution is 2.47. The van der Waals surface area contributed by atoms with Gasteiger partial charge in [-0.25, -0.2) is 0 Å². The summed E-state index contributed by atoms with van der Waals surface area (Å²) in [7, 11) is 0. The second-order valence-electron chi connectivity index (χ2n) is 5.70. The number of carbonyl (C=O) groups excluding carboxylic acids is 1. The van der Waals surface area contributed by atoms with E-state index >= 15 is 0 Å². The van der Waals surface area contributed by atoms with E-state index in [1.165, 1.54) is 5.56 Å². The molecule has 2 N–H and O–H groups in total. The van der Waals surface area contributed by atoms with Crippen LogP contribution in [0.2, 0.25) is 5.02 Å². The average molecular weight is 316 g/mol. The fraction of sp³-hybridized carbons (Fsp3) is 0.278. The van der Waals surface area contributed by atoms with E-state index in [4.69, 9.17) is 16.7 Å². The molecule has 3 rings (SSSR count). The van der Waals surface area contributed by atoms with Gasteiger partial charge in [-0.1, -0.05) is 48.0 Å². The zero-order valence-electron chi connectivity index (χ0n) is 12.1. The minimum atomic E-state index is 0.0169. The molecular formula is C18H18ClNO2. The zero-order chi connectivity index (χ0) is 15.5. The van der Waals surface area contributed by atoms with Gasteiger partial charge in [0, 0.05) is 17.5 Å². The predicted octanol–water partition coefficient (Wildman–Crippen LogP) is 3.25. The smallest absolute Gasteiger partial charge is 0.224 e. The number of aliphatic hydroxyl groups is 1. The fourth-order valence-corrected chi connectivity index (χ4v) is 2.85. The van der Waals surface area contributed by atoms with Gasteiger partial charge in [0.2, 0.25) is 5.91 Å². The molecule has 1 aliphatic carbocycles. The Labute approximate surface area is 134 Å². The van der Waals surface area contributed by atoms with Crippen LogP contribution in [0, 0.1) is 5.92 Å². The van der Waals surface area contributed by atoms with Crippen molar-refractivity contribution < 1.29 is 9.90 Å².